The van der Waals surface area contributed by atoms with E-state index in [-0.39, 0.29) is 25.0 Å². The van der Waals surface area contributed by atoms with Gasteiger partial charge in [-0.3, -0.25) is 19.3 Å². The van der Waals surface area contributed by atoms with Crippen LogP contribution in [-0.4, -0.2) is 82.4 Å². The zero-order valence-corrected chi connectivity index (χ0v) is 21.2. The molecule has 2 heterocycles. The molecule has 0 spiro atoms. The quantitative estimate of drug-likeness (QED) is 0.282. The number of Topliss-reactive ketones (excluding diaryl/α,β-unsaturated/α-hetero) is 1. The summed E-state index contributed by atoms with van der Waals surface area (Å²) in [5, 5.41) is 32.0. The summed E-state index contributed by atoms with van der Waals surface area (Å²) in [6.45, 7) is 4.08. The van der Waals surface area contributed by atoms with Crippen molar-refractivity contribution < 1.29 is 38.9 Å². The molecule has 1 unspecified atom stereocenters. The average molecular weight is 521 g/mol. The van der Waals surface area contributed by atoms with Gasteiger partial charge in [-0.25, -0.2) is 4.79 Å². The highest BCUT2D eigenvalue weighted by Crippen LogP contribution is 2.36. The Kier molecular flexibility index (Phi) is 8.20. The zero-order valence-electron chi connectivity index (χ0n) is 21.2. The van der Waals surface area contributed by atoms with Crippen LogP contribution < -0.4 is 15.4 Å². The van der Waals surface area contributed by atoms with Gasteiger partial charge in [0.25, 0.3) is 0 Å². The van der Waals surface area contributed by atoms with E-state index in [0.717, 1.165) is 16.0 Å². The maximum absolute atomic E-state index is 13.6. The monoisotopic (exact) mass is 521 g/mol. The number of likely N-dealkylation sites (N-methyl/N-ethyl adjacent to an activating group) is 1. The molecular formula is C25H29B2N3O8. The van der Waals surface area contributed by atoms with E-state index >= 15 is 0 Å². The van der Waals surface area contributed by atoms with Gasteiger partial charge in [0.15, 0.2) is 5.78 Å². The van der Waals surface area contributed by atoms with Crippen molar-refractivity contribution >= 4 is 43.3 Å². The first-order valence-corrected chi connectivity index (χ1v) is 12.4. The van der Waals surface area contributed by atoms with Crippen LogP contribution in [-0.2, 0) is 20.8 Å². The minimum Gasteiger partial charge on any atom is -0.536 e. The van der Waals surface area contributed by atoms with Gasteiger partial charge in [-0.1, -0.05) is 42.5 Å². The molecule has 1 saturated heterocycles. The number of benzene rings is 2. The third-order valence-electron chi connectivity index (χ3n) is 6.97. The minimum absolute atomic E-state index is 0.0217. The van der Waals surface area contributed by atoms with E-state index in [1.165, 1.54) is 29.2 Å². The molecular weight excluding hydrogens is 492 g/mol. The van der Waals surface area contributed by atoms with Crippen molar-refractivity contribution in [2.45, 2.75) is 38.5 Å². The first kappa shape index (κ1) is 27.4. The molecule has 0 aromatic heterocycles. The third-order valence-corrected chi connectivity index (χ3v) is 6.97. The lowest BCUT2D eigenvalue weighted by Gasteiger charge is -2.33. The Morgan fingerprint density at radius 1 is 1.13 bits per heavy atom. The number of nitrogens with one attached hydrogen (secondary N) is 1. The van der Waals surface area contributed by atoms with E-state index in [9.17, 15) is 34.3 Å². The Labute approximate surface area is 220 Å². The van der Waals surface area contributed by atoms with Crippen molar-refractivity contribution in [3.63, 3.8) is 0 Å². The van der Waals surface area contributed by atoms with Gasteiger partial charge in [-0.15, -0.1) is 0 Å². The summed E-state index contributed by atoms with van der Waals surface area (Å²) in [6, 6.07) is 9.20. The molecule has 11 nitrogen and oxygen atoms in total. The average Bonchev–Trinajstić information content (AvgIpc) is 2.89. The van der Waals surface area contributed by atoms with Crippen LogP contribution in [0.4, 0.5) is 4.79 Å². The number of aryl methyl sites for hydroxylation is 1. The number of fused-ring (bicyclic) bond motifs is 1. The molecule has 4 rings (SSSR count). The summed E-state index contributed by atoms with van der Waals surface area (Å²) < 4.78 is 5.69. The number of rotatable bonds is 7. The SMILES string of the molecule is CCN1CCN(C(=O)NC(C(=O)C[C@H]2Cc3cccc(C)c3OB2O)c2ccc(B(O)O)cc2)C(=O)C1=O. The minimum atomic E-state index is -1.72. The molecule has 4 amide bonds. The molecule has 2 aromatic rings. The number of amides is 4. The van der Waals surface area contributed by atoms with E-state index in [0.29, 0.717) is 24.3 Å². The number of carbonyl (C=O) groups is 4. The molecule has 2 aliphatic rings. The first-order valence-electron chi connectivity index (χ1n) is 12.4. The molecule has 2 aliphatic heterocycles. The van der Waals surface area contributed by atoms with Gasteiger partial charge in [0.2, 0.25) is 0 Å². The molecule has 0 bridgehead atoms. The van der Waals surface area contributed by atoms with Gasteiger partial charge >= 0.3 is 32.1 Å². The topological polar surface area (TPSA) is 157 Å². The Hall–Kier alpha value is -3.67. The predicted molar refractivity (Wildman–Crippen MR) is 138 cm³/mol. The Balaban J connectivity index is 1.56. The van der Waals surface area contributed by atoms with Crippen LogP contribution in [0.1, 0.15) is 36.1 Å². The lowest BCUT2D eigenvalue weighted by atomic mass is 9.64. The van der Waals surface area contributed by atoms with E-state index < -0.39 is 49.7 Å². The number of ketones is 1. The largest absolute Gasteiger partial charge is 0.536 e. The number of carbonyl (C=O) groups excluding carboxylic acids is 4. The second kappa shape index (κ2) is 11.4. The van der Waals surface area contributed by atoms with Crippen molar-refractivity contribution in [2.75, 3.05) is 19.6 Å². The summed E-state index contributed by atoms with van der Waals surface area (Å²) in [5.41, 5.74) is 2.24. The van der Waals surface area contributed by atoms with Crippen molar-refractivity contribution in [3.05, 3.63) is 59.2 Å². The van der Waals surface area contributed by atoms with Crippen molar-refractivity contribution in [1.29, 1.82) is 0 Å². The summed E-state index contributed by atoms with van der Waals surface area (Å²) in [6.07, 6.45) is 0.229. The highest BCUT2D eigenvalue weighted by Gasteiger charge is 2.40. The van der Waals surface area contributed by atoms with Crippen molar-refractivity contribution in [2.24, 2.45) is 0 Å². The number of para-hydroxylation sites is 1. The number of hydrogen-bond donors (Lipinski definition) is 4. The molecule has 0 aliphatic carbocycles. The van der Waals surface area contributed by atoms with Crippen molar-refractivity contribution in [3.8, 4) is 5.75 Å². The molecule has 198 valence electrons. The molecule has 0 radical (unpaired) electrons. The van der Waals surface area contributed by atoms with Gasteiger partial charge < -0.3 is 29.9 Å². The van der Waals surface area contributed by atoms with Crippen LogP contribution in [0.5, 0.6) is 5.75 Å². The standard InChI is InChI=1S/C25H29B2N3O8/c1-3-29-11-12-30(24(33)23(29)32)25(34)28-21(16-7-9-18(10-8-16)26(35)36)20(31)14-19-13-17-6-4-5-15(2)22(17)38-27(19)37/h4-10,19,21,35-37H,3,11-14H2,1-2H3,(H,28,34)/t19-,21?/m1/s1. The number of nitrogens with zero attached hydrogens (tertiary/aromatic N) is 2. The van der Waals surface area contributed by atoms with Crippen LogP contribution in [0.2, 0.25) is 5.82 Å². The molecule has 2 aromatic carbocycles. The molecule has 2 atom stereocenters. The zero-order chi connectivity index (χ0) is 27.6. The van der Waals surface area contributed by atoms with E-state index in [1.807, 2.05) is 25.1 Å². The Morgan fingerprint density at radius 3 is 2.50 bits per heavy atom. The van der Waals surface area contributed by atoms with Crippen LogP contribution in [0.15, 0.2) is 42.5 Å². The van der Waals surface area contributed by atoms with E-state index in [1.54, 1.807) is 6.92 Å². The molecule has 0 saturated carbocycles. The maximum Gasteiger partial charge on any atom is 0.526 e. The summed E-state index contributed by atoms with van der Waals surface area (Å²) >= 11 is 0. The lowest BCUT2D eigenvalue weighted by Crippen LogP contribution is -2.58. The summed E-state index contributed by atoms with van der Waals surface area (Å²) in [7, 11) is -2.96. The molecule has 13 heteroatoms. The van der Waals surface area contributed by atoms with Crippen molar-refractivity contribution in [1.82, 2.24) is 15.1 Å². The number of piperazine rings is 1. The lowest BCUT2D eigenvalue weighted by molar-refractivity contribution is -0.153. The van der Waals surface area contributed by atoms with Gasteiger partial charge in [0.1, 0.15) is 11.8 Å². The third kappa shape index (κ3) is 5.59. The maximum atomic E-state index is 13.6. The van der Waals surface area contributed by atoms with Gasteiger partial charge in [0, 0.05) is 31.9 Å². The number of urea groups is 1. The fourth-order valence-electron chi connectivity index (χ4n) is 4.77. The highest BCUT2D eigenvalue weighted by molar-refractivity contribution is 6.58. The number of hydrogen-bond acceptors (Lipinski definition) is 8. The second-order valence-electron chi connectivity index (χ2n) is 9.47. The van der Waals surface area contributed by atoms with Crippen LogP contribution in [0.3, 0.4) is 0 Å². The van der Waals surface area contributed by atoms with Gasteiger partial charge in [-0.05, 0) is 42.4 Å². The van der Waals surface area contributed by atoms with E-state index in [2.05, 4.69) is 5.32 Å². The fraction of sp³-hybridized carbons (Fsp3) is 0.360. The van der Waals surface area contributed by atoms with Crippen LogP contribution in [0, 0.1) is 6.92 Å². The molecule has 4 N–H and O–H groups in total. The Bertz CT molecular complexity index is 1240. The Morgan fingerprint density at radius 2 is 1.84 bits per heavy atom. The van der Waals surface area contributed by atoms with Crippen LogP contribution >= 0.6 is 0 Å². The fourth-order valence-corrected chi connectivity index (χ4v) is 4.77. The smallest absolute Gasteiger partial charge is 0.526 e. The van der Waals surface area contributed by atoms with E-state index in [4.69, 9.17) is 4.65 Å². The number of imide groups is 1. The normalized spacial score (nSPS) is 18.0. The highest BCUT2D eigenvalue weighted by atomic mass is 16.5. The second-order valence-corrected chi connectivity index (χ2v) is 9.47. The molecule has 38 heavy (non-hydrogen) atoms. The van der Waals surface area contributed by atoms with Crippen LogP contribution in [0.25, 0.3) is 0 Å². The first-order chi connectivity index (χ1) is 18.1. The summed E-state index contributed by atoms with van der Waals surface area (Å²) in [4.78, 5) is 53.6. The van der Waals surface area contributed by atoms with Gasteiger partial charge in [0.05, 0.1) is 0 Å². The summed E-state index contributed by atoms with van der Waals surface area (Å²) in [5.74, 6) is -2.24. The predicted octanol–water partition coefficient (Wildman–Crippen LogP) is -0.439. The van der Waals surface area contributed by atoms with Gasteiger partial charge in [-0.2, -0.15) is 0 Å². The molecule has 1 fully saturated rings.